The van der Waals surface area contributed by atoms with Crippen molar-refractivity contribution in [2.24, 2.45) is 0 Å². The molecule has 1 aliphatic rings. The quantitative estimate of drug-likeness (QED) is 0.731. The number of amides is 1. The number of rotatable bonds is 6. The number of hydrogen-bond acceptors (Lipinski definition) is 3. The maximum Gasteiger partial charge on any atom is 0.331 e. The minimum atomic E-state index is -0.982. The van der Waals surface area contributed by atoms with Crippen molar-refractivity contribution in [3.05, 3.63) is 41.1 Å². The van der Waals surface area contributed by atoms with Crippen molar-refractivity contribution >= 4 is 22.8 Å². The molecule has 2 N–H and O–H groups in total. The molecular formula is C22H28N2O4. The number of nitrogens with zero attached hydrogens (tertiary/aromatic N) is 1. The lowest BCUT2D eigenvalue weighted by Crippen LogP contribution is -2.25. The Morgan fingerprint density at radius 2 is 2.00 bits per heavy atom. The third-order valence-electron chi connectivity index (χ3n) is 5.63. The number of hydrogen-bond donors (Lipinski definition) is 2. The molecular weight excluding hydrogens is 356 g/mol. The van der Waals surface area contributed by atoms with Gasteiger partial charge in [-0.3, -0.25) is 4.79 Å². The Bertz CT molecular complexity index is 920. The Kier molecular flexibility index (Phi) is 6.07. The van der Waals surface area contributed by atoms with Gasteiger partial charge in [-0.05, 0) is 44.9 Å². The minimum Gasteiger partial charge on any atom is -0.497 e. The van der Waals surface area contributed by atoms with Gasteiger partial charge in [0, 0.05) is 34.8 Å². The van der Waals surface area contributed by atoms with E-state index in [4.69, 9.17) is 9.84 Å². The SMILES string of the molecule is COc1ccc2c(c1)c(C(=O)NCC=C(C)C(=O)O)c(C)n2C1CCCCC1. The number of ether oxygens (including phenoxy) is 1. The Labute approximate surface area is 165 Å². The highest BCUT2D eigenvalue weighted by Crippen LogP contribution is 2.37. The third-order valence-corrected chi connectivity index (χ3v) is 5.63. The first-order chi connectivity index (χ1) is 13.4. The highest BCUT2D eigenvalue weighted by Gasteiger charge is 2.25. The molecule has 3 rings (SSSR count). The highest BCUT2D eigenvalue weighted by atomic mass is 16.5. The molecule has 1 aromatic carbocycles. The minimum absolute atomic E-state index is 0.177. The number of carbonyl (C=O) groups is 2. The Morgan fingerprint density at radius 1 is 1.29 bits per heavy atom. The second kappa shape index (κ2) is 8.50. The first-order valence-electron chi connectivity index (χ1n) is 9.80. The summed E-state index contributed by atoms with van der Waals surface area (Å²) in [5.74, 6) is -0.465. The van der Waals surface area contributed by atoms with Crippen LogP contribution in [-0.4, -0.2) is 35.2 Å². The fraction of sp³-hybridized carbons (Fsp3) is 0.455. The second-order valence-electron chi connectivity index (χ2n) is 7.41. The van der Waals surface area contributed by atoms with Crippen LogP contribution in [0.3, 0.4) is 0 Å². The number of aromatic nitrogens is 1. The number of methoxy groups -OCH3 is 1. The number of carboxylic acids is 1. The molecule has 150 valence electrons. The molecule has 28 heavy (non-hydrogen) atoms. The fourth-order valence-electron chi connectivity index (χ4n) is 4.12. The number of fused-ring (bicyclic) bond motifs is 1. The molecule has 1 aromatic heterocycles. The van der Waals surface area contributed by atoms with E-state index in [0.717, 1.165) is 29.4 Å². The molecule has 1 amide bonds. The molecule has 0 atom stereocenters. The predicted octanol–water partition coefficient (Wildman–Crippen LogP) is 4.22. The van der Waals surface area contributed by atoms with Gasteiger partial charge in [0.1, 0.15) is 5.75 Å². The van der Waals surface area contributed by atoms with Crippen LogP contribution >= 0.6 is 0 Å². The van der Waals surface area contributed by atoms with Gasteiger partial charge in [-0.25, -0.2) is 4.79 Å². The topological polar surface area (TPSA) is 80.6 Å². The summed E-state index contributed by atoms with van der Waals surface area (Å²) in [6.45, 7) is 3.68. The summed E-state index contributed by atoms with van der Waals surface area (Å²) in [4.78, 5) is 23.9. The Hall–Kier alpha value is -2.76. The molecule has 0 spiro atoms. The van der Waals surface area contributed by atoms with E-state index in [9.17, 15) is 9.59 Å². The average molecular weight is 384 g/mol. The number of benzene rings is 1. The summed E-state index contributed by atoms with van der Waals surface area (Å²) in [7, 11) is 1.62. The summed E-state index contributed by atoms with van der Waals surface area (Å²) in [5, 5.41) is 12.7. The number of aliphatic carboxylic acids is 1. The van der Waals surface area contributed by atoms with Gasteiger partial charge in [0.2, 0.25) is 0 Å². The van der Waals surface area contributed by atoms with Crippen molar-refractivity contribution in [3.8, 4) is 5.75 Å². The molecule has 1 heterocycles. The van der Waals surface area contributed by atoms with Gasteiger partial charge in [0.25, 0.3) is 5.91 Å². The van der Waals surface area contributed by atoms with E-state index in [2.05, 4.69) is 9.88 Å². The van der Waals surface area contributed by atoms with Gasteiger partial charge in [-0.2, -0.15) is 0 Å². The second-order valence-corrected chi connectivity index (χ2v) is 7.41. The molecule has 1 fully saturated rings. The molecule has 6 nitrogen and oxygen atoms in total. The van der Waals surface area contributed by atoms with Crippen LogP contribution in [0.1, 0.15) is 61.1 Å². The zero-order valence-corrected chi connectivity index (χ0v) is 16.7. The van der Waals surface area contributed by atoms with E-state index in [1.165, 1.54) is 32.3 Å². The number of carbonyl (C=O) groups excluding carboxylic acids is 1. The van der Waals surface area contributed by atoms with E-state index >= 15 is 0 Å². The van der Waals surface area contributed by atoms with E-state index in [0.29, 0.717) is 17.4 Å². The van der Waals surface area contributed by atoms with Crippen molar-refractivity contribution in [2.45, 2.75) is 52.0 Å². The van der Waals surface area contributed by atoms with Crippen molar-refractivity contribution in [3.63, 3.8) is 0 Å². The monoisotopic (exact) mass is 384 g/mol. The van der Waals surface area contributed by atoms with Crippen LogP contribution in [0.5, 0.6) is 5.75 Å². The van der Waals surface area contributed by atoms with Crippen LogP contribution < -0.4 is 10.1 Å². The lowest BCUT2D eigenvalue weighted by molar-refractivity contribution is -0.132. The zero-order valence-electron chi connectivity index (χ0n) is 16.7. The number of nitrogens with one attached hydrogen (secondary N) is 1. The van der Waals surface area contributed by atoms with E-state index in [1.807, 2.05) is 25.1 Å². The average Bonchev–Trinajstić information content (AvgIpc) is 2.99. The van der Waals surface area contributed by atoms with Gasteiger partial charge < -0.3 is 19.7 Å². The molecule has 0 unspecified atom stereocenters. The first kappa shape index (κ1) is 20.0. The Morgan fingerprint density at radius 3 is 2.64 bits per heavy atom. The molecule has 1 saturated carbocycles. The van der Waals surface area contributed by atoms with Crippen LogP contribution in [0, 0.1) is 6.92 Å². The van der Waals surface area contributed by atoms with Crippen molar-refractivity contribution in [1.29, 1.82) is 0 Å². The summed E-state index contributed by atoms with van der Waals surface area (Å²) in [5.41, 5.74) is 2.85. The van der Waals surface area contributed by atoms with Gasteiger partial charge in [0.05, 0.1) is 12.7 Å². The normalized spacial score (nSPS) is 15.6. The lowest BCUT2D eigenvalue weighted by atomic mass is 9.95. The molecule has 0 aliphatic heterocycles. The van der Waals surface area contributed by atoms with Crippen LogP contribution in [0.4, 0.5) is 0 Å². The standard InChI is InChI=1S/C22H28N2O4/c1-14(22(26)27)11-12-23-21(25)20-15(2)24(16-7-5-4-6-8-16)19-10-9-17(28-3)13-18(19)20/h9-11,13,16H,4-8,12H2,1-3H3,(H,23,25)(H,26,27). The Balaban J connectivity index is 2.00. The van der Waals surface area contributed by atoms with Crippen LogP contribution in [-0.2, 0) is 4.79 Å². The largest absolute Gasteiger partial charge is 0.497 e. The smallest absolute Gasteiger partial charge is 0.331 e. The maximum atomic E-state index is 13.0. The van der Waals surface area contributed by atoms with Gasteiger partial charge in [0.15, 0.2) is 0 Å². The van der Waals surface area contributed by atoms with Gasteiger partial charge >= 0.3 is 5.97 Å². The van der Waals surface area contributed by atoms with Crippen molar-refractivity contribution in [2.75, 3.05) is 13.7 Å². The highest BCUT2D eigenvalue weighted by molar-refractivity contribution is 6.09. The van der Waals surface area contributed by atoms with E-state index in [1.54, 1.807) is 7.11 Å². The molecule has 2 aromatic rings. The van der Waals surface area contributed by atoms with Crippen molar-refractivity contribution in [1.82, 2.24) is 9.88 Å². The lowest BCUT2D eigenvalue weighted by Gasteiger charge is -2.26. The number of carboxylic acid groups (broad SMARTS) is 1. The summed E-state index contributed by atoms with van der Waals surface area (Å²) < 4.78 is 7.68. The molecule has 6 heteroatoms. The van der Waals surface area contributed by atoms with E-state index < -0.39 is 5.97 Å². The van der Waals surface area contributed by atoms with Gasteiger partial charge in [-0.1, -0.05) is 25.3 Å². The summed E-state index contributed by atoms with van der Waals surface area (Å²) >= 11 is 0. The molecule has 0 radical (unpaired) electrons. The predicted molar refractivity (Wildman–Crippen MR) is 109 cm³/mol. The maximum absolute atomic E-state index is 13.0. The van der Waals surface area contributed by atoms with Crippen LogP contribution in [0.25, 0.3) is 10.9 Å². The third kappa shape index (κ3) is 3.91. The van der Waals surface area contributed by atoms with Crippen molar-refractivity contribution < 1.29 is 19.4 Å². The molecule has 0 saturated heterocycles. The first-order valence-corrected chi connectivity index (χ1v) is 9.80. The van der Waals surface area contributed by atoms with Gasteiger partial charge in [-0.15, -0.1) is 0 Å². The molecule has 1 aliphatic carbocycles. The summed E-state index contributed by atoms with van der Waals surface area (Å²) in [6.07, 6.45) is 7.44. The van der Waals surface area contributed by atoms with E-state index in [-0.39, 0.29) is 18.0 Å². The fourth-order valence-corrected chi connectivity index (χ4v) is 4.12. The zero-order chi connectivity index (χ0) is 20.3. The van der Waals surface area contributed by atoms with Crippen LogP contribution in [0.15, 0.2) is 29.8 Å². The summed E-state index contributed by atoms with van der Waals surface area (Å²) in [6, 6.07) is 6.28. The van der Waals surface area contributed by atoms with Crippen LogP contribution in [0.2, 0.25) is 0 Å². The molecule has 0 bridgehead atoms.